The molecule has 3 saturated carbocycles. The number of amides is 2. The zero-order valence-electron chi connectivity index (χ0n) is 21.9. The number of methoxy groups -OCH3 is 1. The molecule has 0 heterocycles. The van der Waals surface area contributed by atoms with E-state index in [0.29, 0.717) is 31.4 Å². The quantitative estimate of drug-likeness (QED) is 0.411. The first-order valence-electron chi connectivity index (χ1n) is 13.2. The minimum Gasteiger partial charge on any atom is -0.493 e. The lowest BCUT2D eigenvalue weighted by Crippen LogP contribution is -2.49. The Kier molecular flexibility index (Phi) is 8.28. The van der Waals surface area contributed by atoms with Crippen LogP contribution in [0.5, 0.6) is 11.5 Å². The first-order chi connectivity index (χ1) is 18.1. The van der Waals surface area contributed by atoms with Crippen molar-refractivity contribution in [2.24, 2.45) is 23.2 Å². The highest BCUT2D eigenvalue weighted by Gasteiger charge is 2.51. The molecule has 1 aromatic rings. The Hall–Kier alpha value is -3.17. The number of ether oxygens (including phenoxy) is 2. The highest BCUT2D eigenvalue weighted by molar-refractivity contribution is 5.98. The van der Waals surface area contributed by atoms with E-state index in [4.69, 9.17) is 9.47 Å². The number of carbonyl (C=O) groups is 3. The molecule has 0 spiro atoms. The molecule has 0 saturated heterocycles. The van der Waals surface area contributed by atoms with Crippen LogP contribution in [0.4, 0.5) is 8.78 Å². The second kappa shape index (κ2) is 11.3. The number of fused-ring (bicyclic) bond motifs is 2. The minimum absolute atomic E-state index is 0.0311. The number of carbonyl (C=O) groups excluding carboxylic acids is 2. The Labute approximate surface area is 221 Å². The number of hydrogen-bond donors (Lipinski definition) is 3. The predicted molar refractivity (Wildman–Crippen MR) is 135 cm³/mol. The van der Waals surface area contributed by atoms with Crippen LogP contribution in [0.2, 0.25) is 0 Å². The number of aliphatic carboxylic acids is 1. The van der Waals surface area contributed by atoms with E-state index < -0.39 is 41.7 Å². The topological polar surface area (TPSA) is 114 Å². The van der Waals surface area contributed by atoms with E-state index in [9.17, 15) is 28.3 Å². The second-order valence-corrected chi connectivity index (χ2v) is 11.1. The number of carboxylic acids is 1. The fraction of sp³-hybridized carbons (Fsp3) is 0.607. The average Bonchev–Trinajstić information content (AvgIpc) is 3.47. The SMILES string of the molecule is C=C(CCF)NC(=O)[C@H]1[C@@H]2CC[C@@H](C2)[C@H]1NC(=O)c1cc(OC2CCC(C)(C(=O)O)CC2)cc(F)c1OC. The Morgan fingerprint density at radius 2 is 1.84 bits per heavy atom. The fourth-order valence-electron chi connectivity index (χ4n) is 6.30. The molecule has 4 atom stereocenters. The Balaban J connectivity index is 1.49. The summed E-state index contributed by atoms with van der Waals surface area (Å²) in [6.07, 6.45) is 4.12. The van der Waals surface area contributed by atoms with Crippen molar-refractivity contribution < 1.29 is 37.7 Å². The monoisotopic (exact) mass is 534 g/mol. The van der Waals surface area contributed by atoms with Gasteiger partial charge in [0.1, 0.15) is 5.75 Å². The molecule has 3 fully saturated rings. The first kappa shape index (κ1) is 27.9. The van der Waals surface area contributed by atoms with Crippen LogP contribution >= 0.6 is 0 Å². The lowest BCUT2D eigenvalue weighted by atomic mass is 9.75. The number of allylic oxidation sites excluding steroid dienone is 1. The van der Waals surface area contributed by atoms with Gasteiger partial charge in [0.15, 0.2) is 11.6 Å². The van der Waals surface area contributed by atoms with Gasteiger partial charge in [-0.1, -0.05) is 6.58 Å². The van der Waals surface area contributed by atoms with Crippen LogP contribution in [0, 0.1) is 29.0 Å². The highest BCUT2D eigenvalue weighted by Crippen LogP contribution is 2.49. The number of alkyl halides is 1. The molecule has 3 N–H and O–H groups in total. The molecular weight excluding hydrogens is 498 g/mol. The van der Waals surface area contributed by atoms with Gasteiger partial charge in [-0.3, -0.25) is 18.8 Å². The van der Waals surface area contributed by atoms with Crippen molar-refractivity contribution in [1.82, 2.24) is 10.6 Å². The van der Waals surface area contributed by atoms with E-state index in [1.165, 1.54) is 13.2 Å². The highest BCUT2D eigenvalue weighted by atomic mass is 19.1. The summed E-state index contributed by atoms with van der Waals surface area (Å²) >= 11 is 0. The van der Waals surface area contributed by atoms with E-state index in [2.05, 4.69) is 17.2 Å². The van der Waals surface area contributed by atoms with Crippen LogP contribution in [0.1, 0.15) is 68.6 Å². The van der Waals surface area contributed by atoms with Gasteiger partial charge in [0.25, 0.3) is 5.91 Å². The molecule has 2 amide bonds. The Morgan fingerprint density at radius 1 is 1.16 bits per heavy atom. The normalized spacial score (nSPS) is 29.9. The largest absolute Gasteiger partial charge is 0.493 e. The van der Waals surface area contributed by atoms with Crippen LogP contribution in [0.3, 0.4) is 0 Å². The van der Waals surface area contributed by atoms with Gasteiger partial charge in [-0.2, -0.15) is 0 Å². The zero-order chi connectivity index (χ0) is 27.6. The smallest absolute Gasteiger partial charge is 0.309 e. The van der Waals surface area contributed by atoms with Gasteiger partial charge in [-0.25, -0.2) is 4.39 Å². The number of rotatable bonds is 10. The second-order valence-electron chi connectivity index (χ2n) is 11.1. The maximum absolute atomic E-state index is 15.0. The predicted octanol–water partition coefficient (Wildman–Crippen LogP) is 4.38. The van der Waals surface area contributed by atoms with Crippen molar-refractivity contribution in [2.75, 3.05) is 13.8 Å². The summed E-state index contributed by atoms with van der Waals surface area (Å²) in [7, 11) is 1.27. The third kappa shape index (κ3) is 5.63. The molecule has 208 valence electrons. The molecule has 3 aliphatic carbocycles. The van der Waals surface area contributed by atoms with Gasteiger partial charge >= 0.3 is 5.97 Å². The average molecular weight is 535 g/mol. The minimum atomic E-state index is -0.843. The van der Waals surface area contributed by atoms with E-state index in [1.54, 1.807) is 6.92 Å². The molecule has 38 heavy (non-hydrogen) atoms. The molecule has 0 aromatic heterocycles. The number of benzene rings is 1. The standard InChI is InChI=1S/C28H36F2N2O6/c1-15(8-11-29)31-26(34)22-16-4-5-17(12-16)23(22)32-25(33)20-13-19(14-21(30)24(20)37-3)38-18-6-9-28(2,10-7-18)27(35)36/h13-14,16-18,22-23H,1,4-12H2,2-3H3,(H,31,34)(H,32,33)(H,35,36)/t16-,17+,18?,22+,23-,28?/m1/s1. The number of halogens is 2. The van der Waals surface area contributed by atoms with Gasteiger partial charge in [-0.15, -0.1) is 0 Å². The van der Waals surface area contributed by atoms with Crippen molar-refractivity contribution in [3.05, 3.63) is 35.8 Å². The number of nitrogens with one attached hydrogen (secondary N) is 2. The van der Waals surface area contributed by atoms with Crippen LogP contribution in [0.15, 0.2) is 24.4 Å². The molecule has 0 radical (unpaired) electrons. The van der Waals surface area contributed by atoms with Gasteiger partial charge in [0.05, 0.1) is 36.8 Å². The Morgan fingerprint density at radius 3 is 2.47 bits per heavy atom. The van der Waals surface area contributed by atoms with Gasteiger partial charge < -0.3 is 25.2 Å². The van der Waals surface area contributed by atoms with E-state index >= 15 is 0 Å². The summed E-state index contributed by atoms with van der Waals surface area (Å²) < 4.78 is 38.8. The van der Waals surface area contributed by atoms with Crippen molar-refractivity contribution in [3.8, 4) is 11.5 Å². The van der Waals surface area contributed by atoms with Gasteiger partial charge in [0, 0.05) is 24.2 Å². The van der Waals surface area contributed by atoms with E-state index in [-0.39, 0.29) is 47.3 Å². The van der Waals surface area contributed by atoms with Crippen LogP contribution < -0.4 is 20.1 Å². The van der Waals surface area contributed by atoms with E-state index in [1.807, 2.05) is 0 Å². The fourth-order valence-corrected chi connectivity index (χ4v) is 6.30. The van der Waals surface area contributed by atoms with Crippen LogP contribution in [0.25, 0.3) is 0 Å². The van der Waals surface area contributed by atoms with E-state index in [0.717, 1.165) is 25.3 Å². The number of hydrogen-bond acceptors (Lipinski definition) is 5. The molecule has 4 rings (SSSR count). The molecule has 8 nitrogen and oxygen atoms in total. The third-order valence-corrected chi connectivity index (χ3v) is 8.53. The number of carboxylic acid groups (broad SMARTS) is 1. The molecule has 0 unspecified atom stereocenters. The lowest BCUT2D eigenvalue weighted by molar-refractivity contribution is -0.150. The maximum atomic E-state index is 15.0. The summed E-state index contributed by atoms with van der Waals surface area (Å²) in [6.45, 7) is 4.78. The van der Waals surface area contributed by atoms with Crippen molar-refractivity contribution in [1.29, 1.82) is 0 Å². The molecule has 0 aliphatic heterocycles. The summed E-state index contributed by atoms with van der Waals surface area (Å²) in [6, 6.07) is 2.13. The molecule has 10 heteroatoms. The summed E-state index contributed by atoms with van der Waals surface area (Å²) in [5.74, 6) is -2.83. The van der Waals surface area contributed by atoms with Crippen molar-refractivity contribution >= 4 is 17.8 Å². The zero-order valence-corrected chi connectivity index (χ0v) is 21.9. The van der Waals surface area contributed by atoms with Crippen molar-refractivity contribution in [3.63, 3.8) is 0 Å². The molecule has 3 aliphatic rings. The summed E-state index contributed by atoms with van der Waals surface area (Å²) in [4.78, 5) is 38.0. The van der Waals surface area contributed by atoms with Crippen molar-refractivity contribution in [2.45, 2.75) is 70.4 Å². The first-order valence-corrected chi connectivity index (χ1v) is 13.2. The molecular formula is C28H36F2N2O6. The summed E-state index contributed by atoms with van der Waals surface area (Å²) in [5, 5.41) is 15.1. The molecule has 2 bridgehead atoms. The third-order valence-electron chi connectivity index (χ3n) is 8.53. The van der Waals surface area contributed by atoms with Crippen LogP contribution in [-0.4, -0.2) is 48.8 Å². The van der Waals surface area contributed by atoms with Crippen LogP contribution in [-0.2, 0) is 9.59 Å². The Bertz CT molecular complexity index is 1100. The lowest BCUT2D eigenvalue weighted by Gasteiger charge is -2.34. The van der Waals surface area contributed by atoms with Gasteiger partial charge in [0.2, 0.25) is 5.91 Å². The summed E-state index contributed by atoms with van der Waals surface area (Å²) in [5.41, 5.74) is -0.555. The maximum Gasteiger partial charge on any atom is 0.309 e. The van der Waals surface area contributed by atoms with Gasteiger partial charge in [-0.05, 0) is 69.8 Å². The molecule has 1 aromatic carbocycles.